The molecule has 2 N–H and O–H groups in total. The fourth-order valence-electron chi connectivity index (χ4n) is 4.25. The predicted molar refractivity (Wildman–Crippen MR) is 111 cm³/mol. The van der Waals surface area contributed by atoms with Crippen molar-refractivity contribution in [3.63, 3.8) is 0 Å². The van der Waals surface area contributed by atoms with Crippen molar-refractivity contribution in [2.45, 2.75) is 50.1 Å². The van der Waals surface area contributed by atoms with Crippen LogP contribution in [-0.4, -0.2) is 39.1 Å². The Morgan fingerprint density at radius 3 is 2.81 bits per heavy atom. The molecule has 1 aromatic carbocycles. The smallest absolute Gasteiger partial charge is 0.256 e. The summed E-state index contributed by atoms with van der Waals surface area (Å²) < 4.78 is 47.6. The van der Waals surface area contributed by atoms with Gasteiger partial charge in [0.25, 0.3) is 5.91 Å². The summed E-state index contributed by atoms with van der Waals surface area (Å²) >= 11 is 0. The number of hydrogen-bond donors (Lipinski definition) is 2. The number of carbonyl (C=O) groups excluding carboxylic acids is 1. The summed E-state index contributed by atoms with van der Waals surface area (Å²) in [5.74, 6) is -2.26. The maximum Gasteiger partial charge on any atom is 0.256 e. The minimum atomic E-state index is -2.65. The Kier molecular flexibility index (Phi) is 5.15. The molecule has 1 fully saturated rings. The number of hydrogen-bond acceptors (Lipinski definition) is 5. The highest BCUT2D eigenvalue weighted by molar-refractivity contribution is 5.99. The summed E-state index contributed by atoms with van der Waals surface area (Å²) in [5.41, 5.74) is 1.32. The van der Waals surface area contributed by atoms with Gasteiger partial charge in [0.15, 0.2) is 5.65 Å². The molecule has 7 nitrogen and oxygen atoms in total. The molecule has 3 heterocycles. The summed E-state index contributed by atoms with van der Waals surface area (Å²) in [6, 6.07) is 5.63. The number of ether oxygens (including phenoxy) is 1. The summed E-state index contributed by atoms with van der Waals surface area (Å²) in [5, 5.41) is 10.3. The SMILES string of the molecule is O=C(NC1CCC(F)(F)CC1)c1cnn2ccc(NC3CCOc4ccc(F)cc43)nc12. The number of nitrogens with one attached hydrogen (secondary N) is 2. The molecule has 2 aliphatic rings. The molecule has 32 heavy (non-hydrogen) atoms. The highest BCUT2D eigenvalue weighted by Crippen LogP contribution is 2.35. The van der Waals surface area contributed by atoms with Gasteiger partial charge in [0.2, 0.25) is 5.92 Å². The Labute approximate surface area is 182 Å². The second-order valence-electron chi connectivity index (χ2n) is 8.26. The standard InChI is InChI=1S/C22H22F3N5O2/c23-13-1-2-18-15(11-13)17(6-10-32-18)28-19-5-9-30-20(29-19)16(12-26-30)21(31)27-14-3-7-22(24,25)8-4-14/h1-2,5,9,11-12,14,17H,3-4,6-8,10H2,(H,27,31)(H,28,29). The van der Waals surface area contributed by atoms with Crippen LogP contribution < -0.4 is 15.4 Å². The molecule has 1 atom stereocenters. The third kappa shape index (κ3) is 4.09. The number of rotatable bonds is 4. The first-order chi connectivity index (χ1) is 15.4. The molecule has 1 amide bonds. The lowest BCUT2D eigenvalue weighted by atomic mass is 9.92. The monoisotopic (exact) mass is 445 g/mol. The molecular weight excluding hydrogens is 423 g/mol. The van der Waals surface area contributed by atoms with E-state index < -0.39 is 11.8 Å². The zero-order chi connectivity index (χ0) is 22.3. The summed E-state index contributed by atoms with van der Waals surface area (Å²) in [4.78, 5) is 17.3. The van der Waals surface area contributed by atoms with Gasteiger partial charge in [-0.2, -0.15) is 5.10 Å². The largest absolute Gasteiger partial charge is 0.493 e. The van der Waals surface area contributed by atoms with E-state index in [1.54, 1.807) is 18.3 Å². The second-order valence-corrected chi connectivity index (χ2v) is 8.26. The van der Waals surface area contributed by atoms with E-state index in [1.807, 2.05) is 0 Å². The fourth-order valence-corrected chi connectivity index (χ4v) is 4.25. The molecule has 5 rings (SSSR count). The van der Waals surface area contributed by atoms with Gasteiger partial charge in [-0.05, 0) is 37.1 Å². The molecule has 3 aromatic rings. The van der Waals surface area contributed by atoms with E-state index in [0.717, 1.165) is 0 Å². The van der Waals surface area contributed by atoms with Gasteiger partial charge < -0.3 is 15.4 Å². The zero-order valence-electron chi connectivity index (χ0n) is 17.2. The molecule has 0 saturated heterocycles. The minimum Gasteiger partial charge on any atom is -0.493 e. The molecule has 0 radical (unpaired) electrons. The van der Waals surface area contributed by atoms with Crippen LogP contribution in [0, 0.1) is 5.82 Å². The van der Waals surface area contributed by atoms with Crippen LogP contribution in [0.2, 0.25) is 0 Å². The van der Waals surface area contributed by atoms with E-state index in [1.165, 1.54) is 22.8 Å². The van der Waals surface area contributed by atoms with Crippen LogP contribution in [0.4, 0.5) is 19.0 Å². The van der Waals surface area contributed by atoms with Gasteiger partial charge in [0.1, 0.15) is 22.9 Å². The fraction of sp³-hybridized carbons (Fsp3) is 0.409. The number of amides is 1. The number of benzene rings is 1. The zero-order valence-corrected chi connectivity index (χ0v) is 17.2. The van der Waals surface area contributed by atoms with Gasteiger partial charge in [0.05, 0.1) is 18.8 Å². The van der Waals surface area contributed by atoms with Crippen LogP contribution >= 0.6 is 0 Å². The number of nitrogens with zero attached hydrogens (tertiary/aromatic N) is 3. The number of carbonyl (C=O) groups is 1. The second kappa shape index (κ2) is 7.99. The Bertz CT molecular complexity index is 1160. The quantitative estimate of drug-likeness (QED) is 0.632. The molecule has 0 bridgehead atoms. The number of anilines is 1. The Balaban J connectivity index is 1.35. The Morgan fingerprint density at radius 2 is 2.00 bits per heavy atom. The average molecular weight is 445 g/mol. The van der Waals surface area contributed by atoms with Crippen LogP contribution in [0.1, 0.15) is 54.1 Å². The lowest BCUT2D eigenvalue weighted by molar-refractivity contribution is -0.0399. The minimum absolute atomic E-state index is 0.200. The van der Waals surface area contributed by atoms with Crippen LogP contribution in [0.3, 0.4) is 0 Å². The molecular formula is C22H22F3N5O2. The normalized spacial score (nSPS) is 20.4. The molecule has 1 aliphatic carbocycles. The number of aromatic nitrogens is 3. The van der Waals surface area contributed by atoms with Crippen molar-refractivity contribution >= 4 is 17.4 Å². The van der Waals surface area contributed by atoms with Crippen LogP contribution in [-0.2, 0) is 0 Å². The van der Waals surface area contributed by atoms with Crippen LogP contribution in [0.15, 0.2) is 36.7 Å². The first-order valence-electron chi connectivity index (χ1n) is 10.6. The topological polar surface area (TPSA) is 80.6 Å². The lowest BCUT2D eigenvalue weighted by Gasteiger charge is -2.28. The van der Waals surface area contributed by atoms with Gasteiger partial charge in [-0.15, -0.1) is 0 Å². The highest BCUT2D eigenvalue weighted by atomic mass is 19.3. The Morgan fingerprint density at radius 1 is 1.19 bits per heavy atom. The molecule has 2 aromatic heterocycles. The van der Waals surface area contributed by atoms with E-state index in [9.17, 15) is 18.0 Å². The summed E-state index contributed by atoms with van der Waals surface area (Å²) in [6.45, 7) is 0.485. The lowest BCUT2D eigenvalue weighted by Crippen LogP contribution is -2.40. The summed E-state index contributed by atoms with van der Waals surface area (Å²) in [7, 11) is 0. The van der Waals surface area contributed by atoms with Gasteiger partial charge in [-0.25, -0.2) is 22.7 Å². The van der Waals surface area contributed by atoms with Crippen LogP contribution in [0.5, 0.6) is 5.75 Å². The maximum absolute atomic E-state index is 13.8. The summed E-state index contributed by atoms with van der Waals surface area (Å²) in [6.07, 6.45) is 3.73. The van der Waals surface area contributed by atoms with Crippen molar-refractivity contribution in [2.75, 3.05) is 11.9 Å². The van der Waals surface area contributed by atoms with Crippen molar-refractivity contribution in [3.05, 3.63) is 53.6 Å². The molecule has 1 unspecified atom stereocenters. The third-order valence-electron chi connectivity index (χ3n) is 6.00. The molecule has 0 spiro atoms. The van der Waals surface area contributed by atoms with Crippen molar-refractivity contribution < 1.29 is 22.7 Å². The van der Waals surface area contributed by atoms with E-state index >= 15 is 0 Å². The Hall–Kier alpha value is -3.30. The third-order valence-corrected chi connectivity index (χ3v) is 6.00. The number of alkyl halides is 2. The van der Waals surface area contributed by atoms with E-state index in [4.69, 9.17) is 4.74 Å². The van der Waals surface area contributed by atoms with Gasteiger partial charge in [-0.3, -0.25) is 4.79 Å². The first-order valence-corrected chi connectivity index (χ1v) is 10.6. The van der Waals surface area contributed by atoms with E-state index in [0.29, 0.717) is 35.8 Å². The average Bonchev–Trinajstić information content (AvgIpc) is 3.19. The molecule has 10 heteroatoms. The molecule has 1 saturated carbocycles. The predicted octanol–water partition coefficient (Wildman–Crippen LogP) is 4.11. The molecule has 1 aliphatic heterocycles. The van der Waals surface area contributed by atoms with Crippen molar-refractivity contribution in [1.29, 1.82) is 0 Å². The first kappa shape index (κ1) is 20.6. The van der Waals surface area contributed by atoms with Crippen molar-refractivity contribution in [3.8, 4) is 5.75 Å². The van der Waals surface area contributed by atoms with E-state index in [-0.39, 0.29) is 49.1 Å². The molecule has 168 valence electrons. The van der Waals surface area contributed by atoms with E-state index in [2.05, 4.69) is 20.7 Å². The van der Waals surface area contributed by atoms with Crippen LogP contribution in [0.25, 0.3) is 5.65 Å². The number of halogens is 3. The van der Waals surface area contributed by atoms with Gasteiger partial charge in [-0.1, -0.05) is 0 Å². The van der Waals surface area contributed by atoms with Crippen molar-refractivity contribution in [2.24, 2.45) is 0 Å². The maximum atomic E-state index is 13.8. The number of fused-ring (bicyclic) bond motifs is 2. The van der Waals surface area contributed by atoms with Gasteiger partial charge >= 0.3 is 0 Å². The highest BCUT2D eigenvalue weighted by Gasteiger charge is 2.35. The van der Waals surface area contributed by atoms with Crippen molar-refractivity contribution in [1.82, 2.24) is 19.9 Å². The van der Waals surface area contributed by atoms with Gasteiger partial charge in [0, 0.05) is 37.1 Å².